The van der Waals surface area contributed by atoms with E-state index in [0.29, 0.717) is 6.04 Å². The van der Waals surface area contributed by atoms with Crippen LogP contribution in [0.1, 0.15) is 51.1 Å². The topological polar surface area (TPSA) is 21.3 Å². The Morgan fingerprint density at radius 3 is 2.50 bits per heavy atom. The first-order valence-corrected chi connectivity index (χ1v) is 7.24. The van der Waals surface area contributed by atoms with Crippen molar-refractivity contribution in [3.63, 3.8) is 0 Å². The molecule has 0 aliphatic rings. The van der Waals surface area contributed by atoms with Crippen molar-refractivity contribution >= 4 is 0 Å². The number of hydrogen-bond acceptors (Lipinski definition) is 2. The van der Waals surface area contributed by atoms with E-state index in [1.165, 1.54) is 24.8 Å². The van der Waals surface area contributed by atoms with Crippen LogP contribution in [0.25, 0.3) is 0 Å². The molecule has 1 rings (SSSR count). The van der Waals surface area contributed by atoms with E-state index >= 15 is 0 Å². The summed E-state index contributed by atoms with van der Waals surface area (Å²) in [7, 11) is 0. The zero-order chi connectivity index (χ0) is 13.1. The Morgan fingerprint density at radius 2 is 1.83 bits per heavy atom. The second-order valence-electron chi connectivity index (χ2n) is 4.67. The van der Waals surface area contributed by atoms with Crippen LogP contribution in [0, 0.1) is 0 Å². The van der Waals surface area contributed by atoms with Gasteiger partial charge in [-0.2, -0.15) is 0 Å². The number of unbranched alkanes of at least 4 members (excludes halogenated alkanes) is 1. The van der Waals surface area contributed by atoms with E-state index in [1.54, 1.807) is 0 Å². The maximum Gasteiger partial charge on any atom is 0.0591 e. The monoisotopic (exact) mass is 249 g/mol. The fourth-order valence-corrected chi connectivity index (χ4v) is 2.01. The summed E-state index contributed by atoms with van der Waals surface area (Å²) in [6.45, 7) is 7.06. The molecule has 1 atom stereocenters. The van der Waals surface area contributed by atoms with E-state index in [1.807, 2.05) is 0 Å². The van der Waals surface area contributed by atoms with Gasteiger partial charge < -0.3 is 10.1 Å². The summed E-state index contributed by atoms with van der Waals surface area (Å²) in [5.41, 5.74) is 1.38. The second kappa shape index (κ2) is 10.1. The van der Waals surface area contributed by atoms with Crippen molar-refractivity contribution in [2.24, 2.45) is 0 Å². The predicted molar refractivity (Wildman–Crippen MR) is 77.8 cm³/mol. The number of rotatable bonds is 10. The molecule has 1 aromatic carbocycles. The lowest BCUT2D eigenvalue weighted by atomic mass is 10.0. The van der Waals surface area contributed by atoms with Crippen molar-refractivity contribution in [2.45, 2.75) is 45.6 Å². The first-order valence-electron chi connectivity index (χ1n) is 7.24. The molecule has 0 heterocycles. The zero-order valence-corrected chi connectivity index (χ0v) is 11.8. The van der Waals surface area contributed by atoms with Crippen LogP contribution in [0.3, 0.4) is 0 Å². The Kier molecular flexibility index (Phi) is 8.53. The van der Waals surface area contributed by atoms with Crippen LogP contribution in [0.5, 0.6) is 0 Å². The molecule has 2 heteroatoms. The molecule has 0 saturated carbocycles. The second-order valence-corrected chi connectivity index (χ2v) is 4.67. The molecule has 1 unspecified atom stereocenters. The smallest absolute Gasteiger partial charge is 0.0591 e. The maximum atomic E-state index is 5.58. The molecule has 2 nitrogen and oxygen atoms in total. The van der Waals surface area contributed by atoms with Gasteiger partial charge >= 0.3 is 0 Å². The Labute approximate surface area is 112 Å². The molecule has 0 spiro atoms. The molecule has 0 fully saturated rings. The predicted octanol–water partition coefficient (Wildman–Crippen LogP) is 3.93. The Morgan fingerprint density at radius 1 is 1.06 bits per heavy atom. The summed E-state index contributed by atoms with van der Waals surface area (Å²) < 4.78 is 5.58. The van der Waals surface area contributed by atoms with E-state index in [2.05, 4.69) is 49.5 Å². The highest BCUT2D eigenvalue weighted by Crippen LogP contribution is 2.17. The number of benzene rings is 1. The molecular weight excluding hydrogens is 222 g/mol. The van der Waals surface area contributed by atoms with Gasteiger partial charge in [-0.1, -0.05) is 57.0 Å². The first-order chi connectivity index (χ1) is 8.88. The molecule has 0 amide bonds. The molecule has 1 N–H and O–H groups in total. The molecule has 0 bridgehead atoms. The summed E-state index contributed by atoms with van der Waals surface area (Å²) >= 11 is 0. The zero-order valence-electron chi connectivity index (χ0n) is 11.8. The van der Waals surface area contributed by atoms with Gasteiger partial charge in [-0.15, -0.1) is 0 Å². The molecule has 0 saturated heterocycles. The summed E-state index contributed by atoms with van der Waals surface area (Å²) in [5.74, 6) is 0. The Balaban J connectivity index is 2.26. The minimum absolute atomic E-state index is 0.464. The quantitative estimate of drug-likeness (QED) is 0.634. The van der Waals surface area contributed by atoms with Crippen molar-refractivity contribution < 1.29 is 4.74 Å². The van der Waals surface area contributed by atoms with Crippen LogP contribution in [0.2, 0.25) is 0 Å². The third-order valence-corrected chi connectivity index (χ3v) is 3.06. The summed E-state index contributed by atoms with van der Waals surface area (Å²) in [5, 5.41) is 3.59. The van der Waals surface area contributed by atoms with Crippen LogP contribution >= 0.6 is 0 Å². The Bertz CT molecular complexity index is 286. The lowest BCUT2D eigenvalue weighted by molar-refractivity contribution is 0.130. The standard InChI is InChI=1S/C16H27NO/c1-3-5-13-18-14-12-17-16(9-4-2)15-10-7-6-8-11-15/h6-8,10-11,16-17H,3-5,9,12-14H2,1-2H3. The lowest BCUT2D eigenvalue weighted by Crippen LogP contribution is -2.25. The third-order valence-electron chi connectivity index (χ3n) is 3.06. The Hall–Kier alpha value is -0.860. The molecule has 0 aliphatic heterocycles. The normalized spacial score (nSPS) is 12.6. The van der Waals surface area contributed by atoms with Gasteiger partial charge in [-0.25, -0.2) is 0 Å². The highest BCUT2D eigenvalue weighted by atomic mass is 16.5. The third kappa shape index (κ3) is 6.18. The van der Waals surface area contributed by atoms with Gasteiger partial charge in [0, 0.05) is 19.2 Å². The van der Waals surface area contributed by atoms with Crippen LogP contribution in [-0.2, 0) is 4.74 Å². The summed E-state index contributed by atoms with van der Waals surface area (Å²) in [4.78, 5) is 0. The van der Waals surface area contributed by atoms with Crippen molar-refractivity contribution in [1.82, 2.24) is 5.32 Å². The summed E-state index contributed by atoms with van der Waals surface area (Å²) in [6.07, 6.45) is 4.75. The van der Waals surface area contributed by atoms with Crippen LogP contribution in [0.4, 0.5) is 0 Å². The van der Waals surface area contributed by atoms with Gasteiger partial charge in [0.1, 0.15) is 0 Å². The maximum absolute atomic E-state index is 5.58. The number of nitrogens with one attached hydrogen (secondary N) is 1. The minimum atomic E-state index is 0.464. The van der Waals surface area contributed by atoms with Crippen LogP contribution < -0.4 is 5.32 Å². The lowest BCUT2D eigenvalue weighted by Gasteiger charge is -2.18. The number of hydrogen-bond donors (Lipinski definition) is 1. The largest absolute Gasteiger partial charge is 0.380 e. The number of ether oxygens (including phenoxy) is 1. The van der Waals surface area contributed by atoms with Gasteiger partial charge in [0.15, 0.2) is 0 Å². The van der Waals surface area contributed by atoms with Crippen molar-refractivity contribution in [1.29, 1.82) is 0 Å². The van der Waals surface area contributed by atoms with Gasteiger partial charge in [-0.3, -0.25) is 0 Å². The van der Waals surface area contributed by atoms with E-state index < -0.39 is 0 Å². The molecule has 18 heavy (non-hydrogen) atoms. The summed E-state index contributed by atoms with van der Waals surface area (Å²) in [6, 6.07) is 11.2. The van der Waals surface area contributed by atoms with Crippen LogP contribution in [0.15, 0.2) is 30.3 Å². The highest BCUT2D eigenvalue weighted by Gasteiger charge is 2.08. The van der Waals surface area contributed by atoms with E-state index in [4.69, 9.17) is 4.74 Å². The minimum Gasteiger partial charge on any atom is -0.380 e. The van der Waals surface area contributed by atoms with Gasteiger partial charge in [-0.05, 0) is 18.4 Å². The highest BCUT2D eigenvalue weighted by molar-refractivity contribution is 5.18. The van der Waals surface area contributed by atoms with E-state index in [-0.39, 0.29) is 0 Å². The van der Waals surface area contributed by atoms with Gasteiger partial charge in [0.2, 0.25) is 0 Å². The average Bonchev–Trinajstić information content (AvgIpc) is 2.42. The molecule has 0 aliphatic carbocycles. The molecular formula is C16H27NO. The van der Waals surface area contributed by atoms with Gasteiger partial charge in [0.05, 0.1) is 6.61 Å². The van der Waals surface area contributed by atoms with Gasteiger partial charge in [0.25, 0.3) is 0 Å². The molecule has 1 aromatic rings. The fourth-order valence-electron chi connectivity index (χ4n) is 2.01. The first kappa shape index (κ1) is 15.2. The van der Waals surface area contributed by atoms with E-state index in [0.717, 1.165) is 26.2 Å². The fraction of sp³-hybridized carbons (Fsp3) is 0.625. The van der Waals surface area contributed by atoms with Crippen molar-refractivity contribution in [3.8, 4) is 0 Å². The molecule has 0 radical (unpaired) electrons. The van der Waals surface area contributed by atoms with Crippen LogP contribution in [-0.4, -0.2) is 19.8 Å². The van der Waals surface area contributed by atoms with E-state index in [9.17, 15) is 0 Å². The SMILES string of the molecule is CCCCOCCNC(CCC)c1ccccc1. The average molecular weight is 249 g/mol. The van der Waals surface area contributed by atoms with Crippen molar-refractivity contribution in [2.75, 3.05) is 19.8 Å². The molecule has 102 valence electrons. The van der Waals surface area contributed by atoms with Crippen molar-refractivity contribution in [3.05, 3.63) is 35.9 Å². The molecule has 0 aromatic heterocycles.